The van der Waals surface area contributed by atoms with Crippen LogP contribution in [0.2, 0.25) is 5.02 Å². The average molecular weight is 511 g/mol. The number of hydrogen-bond donors (Lipinski definition) is 1. The van der Waals surface area contributed by atoms with Crippen LogP contribution in [0.1, 0.15) is 5.56 Å². The summed E-state index contributed by atoms with van der Waals surface area (Å²) in [5.41, 5.74) is 2.17. The zero-order valence-corrected chi connectivity index (χ0v) is 19.2. The molecule has 5 nitrogen and oxygen atoms in total. The van der Waals surface area contributed by atoms with E-state index in [1.165, 1.54) is 6.08 Å². The fourth-order valence-corrected chi connectivity index (χ4v) is 3.91. The van der Waals surface area contributed by atoms with Crippen LogP contribution >= 0.6 is 27.5 Å². The fourth-order valence-electron chi connectivity index (χ4n) is 3.25. The number of benzene rings is 3. The third-order valence-corrected chi connectivity index (χ3v) is 5.58. The highest BCUT2D eigenvalue weighted by Crippen LogP contribution is 2.30. The largest absolute Gasteiger partial charge is 0.496 e. The second kappa shape index (κ2) is 9.42. The molecule has 0 saturated carbocycles. The van der Waals surface area contributed by atoms with Gasteiger partial charge < -0.3 is 14.5 Å². The van der Waals surface area contributed by atoms with Gasteiger partial charge in [-0.3, -0.25) is 4.79 Å². The van der Waals surface area contributed by atoms with E-state index in [1.54, 1.807) is 49.6 Å². The van der Waals surface area contributed by atoms with Gasteiger partial charge in [0.2, 0.25) is 5.91 Å². The van der Waals surface area contributed by atoms with Crippen LogP contribution in [0.3, 0.4) is 0 Å². The summed E-state index contributed by atoms with van der Waals surface area (Å²) in [6.07, 6.45) is 3.07. The number of carbonyl (C=O) groups excluding carboxylic acids is 1. The minimum absolute atomic E-state index is 0.322. The highest BCUT2D eigenvalue weighted by Gasteiger charge is 2.12. The lowest BCUT2D eigenvalue weighted by atomic mass is 10.1. The van der Waals surface area contributed by atoms with Crippen molar-refractivity contribution in [2.75, 3.05) is 12.4 Å². The van der Waals surface area contributed by atoms with Gasteiger partial charge in [0, 0.05) is 32.7 Å². The Morgan fingerprint density at radius 3 is 2.66 bits per heavy atom. The van der Waals surface area contributed by atoms with E-state index in [0.29, 0.717) is 33.2 Å². The van der Waals surface area contributed by atoms with E-state index in [2.05, 4.69) is 21.2 Å². The Labute approximate surface area is 197 Å². The van der Waals surface area contributed by atoms with Crippen molar-refractivity contribution in [3.8, 4) is 16.9 Å². The van der Waals surface area contributed by atoms with Crippen molar-refractivity contribution in [3.05, 3.63) is 98.3 Å². The molecule has 1 heterocycles. The smallest absolute Gasteiger partial charge is 0.344 e. The molecule has 1 amide bonds. The van der Waals surface area contributed by atoms with Crippen LogP contribution in [0.4, 0.5) is 5.69 Å². The first kappa shape index (κ1) is 21.9. The van der Waals surface area contributed by atoms with Crippen LogP contribution < -0.4 is 15.7 Å². The molecule has 7 heteroatoms. The van der Waals surface area contributed by atoms with Gasteiger partial charge in [-0.05, 0) is 48.5 Å². The van der Waals surface area contributed by atoms with Crippen molar-refractivity contribution in [1.29, 1.82) is 0 Å². The lowest BCUT2D eigenvalue weighted by Crippen LogP contribution is -2.08. The fraction of sp³-hybridized carbons (Fsp3) is 0.0400. The van der Waals surface area contributed by atoms with Gasteiger partial charge in [0.1, 0.15) is 11.3 Å². The van der Waals surface area contributed by atoms with Crippen molar-refractivity contribution < 1.29 is 13.9 Å². The second-order valence-corrected chi connectivity index (χ2v) is 8.21. The molecule has 0 saturated heterocycles. The van der Waals surface area contributed by atoms with Crippen molar-refractivity contribution in [3.63, 3.8) is 0 Å². The predicted molar refractivity (Wildman–Crippen MR) is 131 cm³/mol. The Morgan fingerprint density at radius 2 is 1.88 bits per heavy atom. The molecule has 0 radical (unpaired) electrons. The summed E-state index contributed by atoms with van der Waals surface area (Å²) >= 11 is 9.83. The number of methoxy groups -OCH3 is 1. The molecule has 1 N–H and O–H groups in total. The minimum Gasteiger partial charge on any atom is -0.496 e. The summed E-state index contributed by atoms with van der Waals surface area (Å²) in [7, 11) is 1.57. The average Bonchev–Trinajstić information content (AvgIpc) is 2.78. The van der Waals surface area contributed by atoms with Crippen molar-refractivity contribution in [2.24, 2.45) is 0 Å². The van der Waals surface area contributed by atoms with E-state index < -0.39 is 5.63 Å². The summed E-state index contributed by atoms with van der Waals surface area (Å²) in [4.78, 5) is 24.8. The van der Waals surface area contributed by atoms with E-state index in [1.807, 2.05) is 30.3 Å². The molecule has 32 heavy (non-hydrogen) atoms. The first-order chi connectivity index (χ1) is 15.4. The molecule has 0 unspecified atom stereocenters. The molecule has 0 spiro atoms. The molecule has 0 aliphatic heterocycles. The lowest BCUT2D eigenvalue weighted by molar-refractivity contribution is -0.111. The third-order valence-electron chi connectivity index (χ3n) is 4.77. The van der Waals surface area contributed by atoms with Crippen LogP contribution in [0.5, 0.6) is 5.75 Å². The maximum absolute atomic E-state index is 12.4. The van der Waals surface area contributed by atoms with E-state index in [0.717, 1.165) is 15.4 Å². The second-order valence-electron chi connectivity index (χ2n) is 6.89. The number of ether oxygens (including phenoxy) is 1. The van der Waals surface area contributed by atoms with E-state index in [9.17, 15) is 9.59 Å². The van der Waals surface area contributed by atoms with Gasteiger partial charge in [-0.15, -0.1) is 0 Å². The van der Waals surface area contributed by atoms with Gasteiger partial charge in [0.25, 0.3) is 0 Å². The quantitative estimate of drug-likeness (QED) is 0.245. The molecule has 0 fully saturated rings. The van der Waals surface area contributed by atoms with Gasteiger partial charge in [0.15, 0.2) is 0 Å². The topological polar surface area (TPSA) is 68.5 Å². The Bertz CT molecular complexity index is 1410. The molecule has 0 bridgehead atoms. The van der Waals surface area contributed by atoms with Crippen LogP contribution in [0.25, 0.3) is 28.2 Å². The summed E-state index contributed by atoms with van der Waals surface area (Å²) < 4.78 is 11.6. The molecular weight excluding hydrogens is 494 g/mol. The Kier molecular flexibility index (Phi) is 6.44. The number of anilines is 1. The summed E-state index contributed by atoms with van der Waals surface area (Å²) in [6, 6.07) is 19.5. The monoisotopic (exact) mass is 509 g/mol. The standard InChI is InChI=1S/C25H17BrClNO4/c1-31-22-10-7-17(26)12-16(22)6-11-24(29)28-18-8-9-19(21(27)14-18)20-13-15-4-2-3-5-23(15)32-25(20)30/h2-14H,1H3,(H,28,29). The molecule has 4 aromatic rings. The number of halogens is 2. The zero-order valence-electron chi connectivity index (χ0n) is 16.9. The summed E-state index contributed by atoms with van der Waals surface area (Å²) in [5.74, 6) is 0.319. The number of hydrogen-bond acceptors (Lipinski definition) is 4. The molecule has 0 aliphatic rings. The number of fused-ring (bicyclic) bond motifs is 1. The molecule has 0 atom stereocenters. The molecule has 0 aliphatic carbocycles. The Hall–Kier alpha value is -3.35. The maximum Gasteiger partial charge on any atom is 0.344 e. The number of rotatable bonds is 5. The van der Waals surface area contributed by atoms with Crippen molar-refractivity contribution in [1.82, 2.24) is 0 Å². The SMILES string of the molecule is COc1ccc(Br)cc1C=CC(=O)Nc1ccc(-c2cc3ccccc3oc2=O)c(Cl)c1. The van der Waals surface area contributed by atoms with Crippen molar-refractivity contribution >= 4 is 56.2 Å². The Morgan fingerprint density at radius 1 is 1.06 bits per heavy atom. The summed E-state index contributed by atoms with van der Waals surface area (Å²) in [6.45, 7) is 0. The molecular formula is C25H17BrClNO4. The highest BCUT2D eigenvalue weighted by molar-refractivity contribution is 9.10. The first-order valence-corrected chi connectivity index (χ1v) is 10.8. The molecule has 4 rings (SSSR count). The van der Waals surface area contributed by atoms with Crippen LogP contribution in [0, 0.1) is 0 Å². The van der Waals surface area contributed by atoms with Crippen molar-refractivity contribution in [2.45, 2.75) is 0 Å². The van der Waals surface area contributed by atoms with Crippen LogP contribution in [-0.4, -0.2) is 13.0 Å². The normalized spacial score (nSPS) is 11.1. The lowest BCUT2D eigenvalue weighted by Gasteiger charge is -2.08. The van der Waals surface area contributed by atoms with Gasteiger partial charge in [-0.1, -0.05) is 51.8 Å². The molecule has 3 aromatic carbocycles. The summed E-state index contributed by atoms with van der Waals surface area (Å²) in [5, 5.41) is 3.88. The van der Waals surface area contributed by atoms with E-state index in [4.69, 9.17) is 20.8 Å². The zero-order chi connectivity index (χ0) is 22.7. The molecule has 160 valence electrons. The predicted octanol–water partition coefficient (Wildman–Crippen LogP) is 6.54. The number of amides is 1. The van der Waals surface area contributed by atoms with Crippen LogP contribution in [-0.2, 0) is 4.79 Å². The van der Waals surface area contributed by atoms with Gasteiger partial charge in [-0.25, -0.2) is 4.79 Å². The number of carbonyl (C=O) groups is 1. The Balaban J connectivity index is 1.55. The highest BCUT2D eigenvalue weighted by atomic mass is 79.9. The van der Waals surface area contributed by atoms with E-state index >= 15 is 0 Å². The number of para-hydroxylation sites is 1. The van der Waals surface area contributed by atoms with Gasteiger partial charge >= 0.3 is 5.63 Å². The first-order valence-electron chi connectivity index (χ1n) is 9.60. The van der Waals surface area contributed by atoms with Crippen LogP contribution in [0.15, 0.2) is 86.5 Å². The van der Waals surface area contributed by atoms with Gasteiger partial charge in [0.05, 0.1) is 17.7 Å². The maximum atomic E-state index is 12.4. The number of nitrogens with one attached hydrogen (secondary N) is 1. The third kappa shape index (κ3) is 4.77. The molecule has 1 aromatic heterocycles. The minimum atomic E-state index is -0.478. The van der Waals surface area contributed by atoms with Gasteiger partial charge in [-0.2, -0.15) is 0 Å². The van der Waals surface area contributed by atoms with E-state index in [-0.39, 0.29) is 5.91 Å².